The molecule has 6 atom stereocenters. The molecular weight excluding hydrogens is 518 g/mol. The number of cyclic esters (lactones) is 1. The number of amides is 2. The Balaban J connectivity index is 1.42. The Morgan fingerprint density at radius 2 is 1.79 bits per heavy atom. The second-order valence-electron chi connectivity index (χ2n) is 11.0. The standard InChI is InChI=1S/C29H35N3O6S/c1-28-9-6-16-38-27(36)23(28)22-25(34)32(21(19-33)20-7-3-2-4-8-20)24-26(35)31(11-5-10-29(22,24)39-28)13-12-30-14-17-37-18-15-30/h2-10,21-24,33H,11-19H2,1H3/t21-,22+,23-,24?,28+,29+/m1/s1. The first-order valence-electron chi connectivity index (χ1n) is 13.7. The number of aliphatic hydroxyl groups excluding tert-OH is 1. The van der Waals surface area contributed by atoms with Crippen molar-refractivity contribution in [2.75, 3.05) is 59.2 Å². The van der Waals surface area contributed by atoms with Gasteiger partial charge in [0.2, 0.25) is 11.8 Å². The number of carbonyl (C=O) groups excluding carboxylic acids is 3. The van der Waals surface area contributed by atoms with E-state index in [-0.39, 0.29) is 25.0 Å². The molecule has 6 rings (SSSR count). The van der Waals surface area contributed by atoms with Crippen LogP contribution in [0.15, 0.2) is 54.6 Å². The number of carbonyl (C=O) groups is 3. The van der Waals surface area contributed by atoms with E-state index < -0.39 is 39.4 Å². The first-order chi connectivity index (χ1) is 18.9. The molecule has 9 nitrogen and oxygen atoms in total. The zero-order valence-electron chi connectivity index (χ0n) is 22.1. The van der Waals surface area contributed by atoms with Gasteiger partial charge in [-0.3, -0.25) is 19.3 Å². The van der Waals surface area contributed by atoms with E-state index in [1.807, 2.05) is 66.5 Å². The summed E-state index contributed by atoms with van der Waals surface area (Å²) in [5.41, 5.74) is 0.750. The summed E-state index contributed by atoms with van der Waals surface area (Å²) in [7, 11) is 0. The highest BCUT2D eigenvalue weighted by atomic mass is 32.2. The number of hydrogen-bond donors (Lipinski definition) is 1. The molecule has 208 valence electrons. The number of esters is 1. The summed E-state index contributed by atoms with van der Waals surface area (Å²) in [6, 6.07) is 7.74. The van der Waals surface area contributed by atoms with Crippen LogP contribution in [0.4, 0.5) is 0 Å². The molecule has 2 amide bonds. The molecule has 5 heterocycles. The van der Waals surface area contributed by atoms with Crippen LogP contribution in [0.25, 0.3) is 0 Å². The van der Waals surface area contributed by atoms with Crippen LogP contribution in [0.2, 0.25) is 0 Å². The van der Waals surface area contributed by atoms with Crippen LogP contribution in [0.1, 0.15) is 18.5 Å². The second kappa shape index (κ2) is 10.4. The predicted octanol–water partition coefficient (Wildman–Crippen LogP) is 1.25. The number of rotatable bonds is 6. The van der Waals surface area contributed by atoms with Crippen molar-refractivity contribution in [1.29, 1.82) is 0 Å². The largest absolute Gasteiger partial charge is 0.461 e. The molecule has 1 aromatic rings. The lowest BCUT2D eigenvalue weighted by molar-refractivity contribution is -0.153. The minimum atomic E-state index is -0.968. The number of benzene rings is 1. The molecule has 39 heavy (non-hydrogen) atoms. The van der Waals surface area contributed by atoms with Gasteiger partial charge in [-0.2, -0.15) is 0 Å². The molecule has 0 aliphatic carbocycles. The maximum Gasteiger partial charge on any atom is 0.311 e. The Labute approximate surface area is 232 Å². The molecule has 0 saturated carbocycles. The zero-order chi connectivity index (χ0) is 27.2. The van der Waals surface area contributed by atoms with E-state index in [1.165, 1.54) is 11.8 Å². The Morgan fingerprint density at radius 3 is 2.54 bits per heavy atom. The zero-order valence-corrected chi connectivity index (χ0v) is 22.9. The molecular formula is C29H35N3O6S. The molecule has 3 fully saturated rings. The number of likely N-dealkylation sites (tertiary alicyclic amines) is 1. The summed E-state index contributed by atoms with van der Waals surface area (Å²) < 4.78 is 9.31. The highest BCUT2D eigenvalue weighted by Crippen LogP contribution is 2.66. The summed E-state index contributed by atoms with van der Waals surface area (Å²) >= 11 is 1.52. The number of nitrogens with zero attached hydrogens (tertiary/aromatic N) is 3. The molecule has 3 saturated heterocycles. The molecule has 1 N–H and O–H groups in total. The van der Waals surface area contributed by atoms with Crippen LogP contribution in [0.3, 0.4) is 0 Å². The predicted molar refractivity (Wildman–Crippen MR) is 146 cm³/mol. The van der Waals surface area contributed by atoms with E-state index in [4.69, 9.17) is 9.47 Å². The lowest BCUT2D eigenvalue weighted by Gasteiger charge is -2.40. The van der Waals surface area contributed by atoms with Crippen molar-refractivity contribution in [1.82, 2.24) is 14.7 Å². The van der Waals surface area contributed by atoms with Crippen molar-refractivity contribution >= 4 is 29.5 Å². The van der Waals surface area contributed by atoms with Crippen LogP contribution in [0.5, 0.6) is 0 Å². The Hall–Kier alpha value is -2.66. The van der Waals surface area contributed by atoms with Crippen molar-refractivity contribution in [3.05, 3.63) is 60.2 Å². The molecule has 10 heteroatoms. The summed E-state index contributed by atoms with van der Waals surface area (Å²) in [6.07, 6.45) is 7.78. The van der Waals surface area contributed by atoms with E-state index in [9.17, 15) is 19.5 Å². The number of hydrogen-bond acceptors (Lipinski definition) is 8. The van der Waals surface area contributed by atoms with Gasteiger partial charge in [0, 0.05) is 37.5 Å². The average Bonchev–Trinajstić information content (AvgIpc) is 3.21. The Morgan fingerprint density at radius 1 is 1.03 bits per heavy atom. The van der Waals surface area contributed by atoms with E-state index in [2.05, 4.69) is 4.90 Å². The minimum absolute atomic E-state index is 0.150. The number of aliphatic hydroxyl groups is 1. The Kier molecular flexibility index (Phi) is 7.07. The van der Waals surface area contributed by atoms with Gasteiger partial charge in [0.05, 0.1) is 42.4 Å². The summed E-state index contributed by atoms with van der Waals surface area (Å²) in [4.78, 5) is 48.0. The fraction of sp³-hybridized carbons (Fsp3) is 0.552. The number of fused-ring (bicyclic) bond motifs is 2. The van der Waals surface area contributed by atoms with Crippen LogP contribution in [0, 0.1) is 11.8 Å². The average molecular weight is 554 g/mol. The van der Waals surface area contributed by atoms with Crippen LogP contribution in [-0.2, 0) is 23.9 Å². The van der Waals surface area contributed by atoms with Crippen LogP contribution < -0.4 is 0 Å². The lowest BCUT2D eigenvalue weighted by Crippen LogP contribution is -2.55. The summed E-state index contributed by atoms with van der Waals surface area (Å²) in [5, 5.41) is 10.6. The fourth-order valence-electron chi connectivity index (χ4n) is 6.99. The highest BCUT2D eigenvalue weighted by molar-refractivity contribution is 8.02. The van der Waals surface area contributed by atoms with E-state index >= 15 is 0 Å². The third-order valence-electron chi connectivity index (χ3n) is 8.82. The second-order valence-corrected chi connectivity index (χ2v) is 12.8. The van der Waals surface area contributed by atoms with E-state index in [0.29, 0.717) is 32.8 Å². The van der Waals surface area contributed by atoms with Crippen molar-refractivity contribution in [3.8, 4) is 0 Å². The topological polar surface area (TPSA) is 99.6 Å². The molecule has 1 unspecified atom stereocenters. The highest BCUT2D eigenvalue weighted by Gasteiger charge is 2.74. The van der Waals surface area contributed by atoms with E-state index in [0.717, 1.165) is 18.7 Å². The number of morpholine rings is 1. The molecule has 0 aromatic heterocycles. The monoisotopic (exact) mass is 553 g/mol. The normalized spacial score (nSPS) is 35.2. The minimum Gasteiger partial charge on any atom is -0.461 e. The van der Waals surface area contributed by atoms with Gasteiger partial charge in [-0.05, 0) is 18.6 Å². The van der Waals surface area contributed by atoms with Crippen molar-refractivity contribution in [3.63, 3.8) is 0 Å². The molecule has 5 aliphatic rings. The van der Waals surface area contributed by atoms with Crippen LogP contribution in [-0.4, -0.2) is 112 Å². The van der Waals surface area contributed by atoms with Gasteiger partial charge in [0.15, 0.2) is 0 Å². The number of thioether (sulfide) groups is 1. The van der Waals surface area contributed by atoms with Gasteiger partial charge in [-0.15, -0.1) is 11.8 Å². The SMILES string of the molecule is C[C@]12C=CCOC(=O)[C@H]1[C@H]1C(=O)N([C@H](CO)c3ccccc3)C3C(=O)N(CCN4CCOCC4)CC=C[C@@]31S2. The van der Waals surface area contributed by atoms with Crippen molar-refractivity contribution in [2.24, 2.45) is 11.8 Å². The number of ether oxygens (including phenoxy) is 2. The quantitative estimate of drug-likeness (QED) is 0.415. The van der Waals surface area contributed by atoms with Gasteiger partial charge in [0.1, 0.15) is 12.6 Å². The smallest absolute Gasteiger partial charge is 0.311 e. The van der Waals surface area contributed by atoms with Crippen molar-refractivity contribution in [2.45, 2.75) is 28.5 Å². The third-order valence-corrected chi connectivity index (χ3v) is 10.6. The van der Waals surface area contributed by atoms with Gasteiger partial charge in [-0.25, -0.2) is 0 Å². The lowest BCUT2D eigenvalue weighted by atomic mass is 9.75. The first kappa shape index (κ1) is 26.6. The molecule has 0 radical (unpaired) electrons. The third kappa shape index (κ3) is 4.32. The maximum atomic E-state index is 14.5. The van der Waals surface area contributed by atoms with Gasteiger partial charge < -0.3 is 24.4 Å². The van der Waals surface area contributed by atoms with Gasteiger partial charge >= 0.3 is 5.97 Å². The van der Waals surface area contributed by atoms with Crippen LogP contribution >= 0.6 is 11.8 Å². The van der Waals surface area contributed by atoms with Gasteiger partial charge in [0.25, 0.3) is 0 Å². The molecule has 1 aromatic carbocycles. The molecule has 0 bridgehead atoms. The summed E-state index contributed by atoms with van der Waals surface area (Å²) in [6.45, 7) is 6.46. The molecule has 1 spiro atoms. The van der Waals surface area contributed by atoms with E-state index in [1.54, 1.807) is 4.90 Å². The molecule has 5 aliphatic heterocycles. The first-order valence-corrected chi connectivity index (χ1v) is 14.5. The maximum absolute atomic E-state index is 14.5. The summed E-state index contributed by atoms with van der Waals surface area (Å²) in [5.74, 6) is -2.38. The Bertz CT molecular complexity index is 1190. The fourth-order valence-corrected chi connectivity index (χ4v) is 9.13. The van der Waals surface area contributed by atoms with Gasteiger partial charge in [-0.1, -0.05) is 48.6 Å². The van der Waals surface area contributed by atoms with Crippen molar-refractivity contribution < 1.29 is 29.0 Å².